The highest BCUT2D eigenvalue weighted by Crippen LogP contribution is 2.17. The molecular weight excluding hydrogens is 140 g/mol. The molecule has 0 amide bonds. The Bertz CT molecular complexity index is 89.6. The zero-order chi connectivity index (χ0) is 8.74. The molecule has 0 spiro atoms. The average Bonchev–Trinajstić information content (AvgIpc) is 1.87. The highest BCUT2D eigenvalue weighted by Gasteiger charge is 2.19. The lowest BCUT2D eigenvalue weighted by atomic mass is 10.0. The monoisotopic (exact) mass is 160 g/mol. The van der Waals surface area contributed by atoms with Gasteiger partial charge in [0.05, 0.1) is 0 Å². The normalized spacial score (nSPS) is 12.0. The van der Waals surface area contributed by atoms with Gasteiger partial charge in [0.1, 0.15) is 0 Å². The molecule has 0 unspecified atom stereocenters. The van der Waals surface area contributed by atoms with E-state index in [-0.39, 0.29) is 0 Å². The number of aliphatic hydroxyl groups is 2. The fourth-order valence-electron chi connectivity index (χ4n) is 1.18. The zero-order valence-electron chi connectivity index (χ0n) is 7.64. The quantitative estimate of drug-likeness (QED) is 0.461. The van der Waals surface area contributed by atoms with E-state index in [0.717, 1.165) is 25.7 Å². The summed E-state index contributed by atoms with van der Waals surface area (Å²) in [6.07, 6.45) is 4.99. The van der Waals surface area contributed by atoms with Crippen molar-refractivity contribution < 1.29 is 10.2 Å². The second-order valence-electron chi connectivity index (χ2n) is 3.19. The predicted molar refractivity (Wildman–Crippen MR) is 46.2 cm³/mol. The van der Waals surface area contributed by atoms with Gasteiger partial charge in [-0.1, -0.05) is 33.1 Å². The first-order valence-electron chi connectivity index (χ1n) is 4.57. The Morgan fingerprint density at radius 1 is 0.909 bits per heavy atom. The average molecular weight is 160 g/mol. The van der Waals surface area contributed by atoms with Crippen LogP contribution < -0.4 is 0 Å². The van der Waals surface area contributed by atoms with E-state index >= 15 is 0 Å². The Morgan fingerprint density at radius 3 is 2.00 bits per heavy atom. The van der Waals surface area contributed by atoms with E-state index < -0.39 is 5.79 Å². The van der Waals surface area contributed by atoms with Crippen LogP contribution in [0.15, 0.2) is 0 Å². The van der Waals surface area contributed by atoms with Crippen LogP contribution in [0.2, 0.25) is 0 Å². The second kappa shape index (κ2) is 5.56. The Kier molecular flexibility index (Phi) is 5.51. The molecule has 0 aromatic carbocycles. The molecule has 0 atom stereocenters. The Morgan fingerprint density at radius 2 is 1.55 bits per heavy atom. The SMILES string of the molecule is CCCCCC(O)(O)CCC. The molecule has 0 saturated heterocycles. The maximum atomic E-state index is 9.30. The summed E-state index contributed by atoms with van der Waals surface area (Å²) in [7, 11) is 0. The smallest absolute Gasteiger partial charge is 0.162 e. The summed E-state index contributed by atoms with van der Waals surface area (Å²) in [5.74, 6) is -1.40. The van der Waals surface area contributed by atoms with Gasteiger partial charge in [0.15, 0.2) is 5.79 Å². The van der Waals surface area contributed by atoms with Gasteiger partial charge >= 0.3 is 0 Å². The summed E-state index contributed by atoms with van der Waals surface area (Å²) in [6, 6.07) is 0. The van der Waals surface area contributed by atoms with Crippen LogP contribution >= 0.6 is 0 Å². The molecule has 2 nitrogen and oxygen atoms in total. The summed E-state index contributed by atoms with van der Waals surface area (Å²) >= 11 is 0. The van der Waals surface area contributed by atoms with Crippen LogP contribution in [0, 0.1) is 0 Å². The van der Waals surface area contributed by atoms with Gasteiger partial charge in [-0.3, -0.25) is 0 Å². The molecule has 2 N–H and O–H groups in total. The summed E-state index contributed by atoms with van der Waals surface area (Å²) in [5, 5.41) is 18.6. The third kappa shape index (κ3) is 6.32. The van der Waals surface area contributed by atoms with Crippen LogP contribution in [-0.2, 0) is 0 Å². The van der Waals surface area contributed by atoms with Crippen molar-refractivity contribution in [1.29, 1.82) is 0 Å². The summed E-state index contributed by atoms with van der Waals surface area (Å²) in [4.78, 5) is 0. The third-order valence-corrected chi connectivity index (χ3v) is 1.83. The fourth-order valence-corrected chi connectivity index (χ4v) is 1.18. The van der Waals surface area contributed by atoms with Gasteiger partial charge in [0, 0.05) is 12.8 Å². The molecule has 2 heteroatoms. The molecule has 0 aliphatic carbocycles. The number of hydrogen-bond acceptors (Lipinski definition) is 2. The van der Waals surface area contributed by atoms with Crippen molar-refractivity contribution in [3.63, 3.8) is 0 Å². The predicted octanol–water partition coefficient (Wildman–Crippen LogP) is 2.05. The molecule has 0 bridgehead atoms. The van der Waals surface area contributed by atoms with Crippen LogP contribution in [-0.4, -0.2) is 16.0 Å². The van der Waals surface area contributed by atoms with Gasteiger partial charge in [-0.25, -0.2) is 0 Å². The van der Waals surface area contributed by atoms with Crippen LogP contribution in [0.4, 0.5) is 0 Å². The van der Waals surface area contributed by atoms with E-state index in [1.807, 2.05) is 6.92 Å². The van der Waals surface area contributed by atoms with E-state index in [1.54, 1.807) is 0 Å². The van der Waals surface area contributed by atoms with Crippen molar-refractivity contribution in [1.82, 2.24) is 0 Å². The van der Waals surface area contributed by atoms with Gasteiger partial charge in [-0.05, 0) is 6.42 Å². The molecule has 11 heavy (non-hydrogen) atoms. The van der Waals surface area contributed by atoms with Crippen molar-refractivity contribution in [3.05, 3.63) is 0 Å². The minimum absolute atomic E-state index is 0.497. The highest BCUT2D eigenvalue weighted by atomic mass is 16.5. The van der Waals surface area contributed by atoms with Crippen LogP contribution in [0.5, 0.6) is 0 Å². The zero-order valence-corrected chi connectivity index (χ0v) is 7.64. The molecule has 0 saturated carbocycles. The van der Waals surface area contributed by atoms with Crippen LogP contribution in [0.3, 0.4) is 0 Å². The largest absolute Gasteiger partial charge is 0.366 e. The second-order valence-corrected chi connectivity index (χ2v) is 3.19. The maximum Gasteiger partial charge on any atom is 0.162 e. The summed E-state index contributed by atoms with van der Waals surface area (Å²) in [5.41, 5.74) is 0. The van der Waals surface area contributed by atoms with E-state index in [9.17, 15) is 10.2 Å². The van der Waals surface area contributed by atoms with Crippen LogP contribution in [0.1, 0.15) is 52.4 Å². The molecule has 0 aromatic heterocycles. The lowest BCUT2D eigenvalue weighted by Gasteiger charge is -2.20. The van der Waals surface area contributed by atoms with Crippen LogP contribution in [0.25, 0.3) is 0 Å². The van der Waals surface area contributed by atoms with Gasteiger partial charge in [0.25, 0.3) is 0 Å². The minimum Gasteiger partial charge on any atom is -0.366 e. The molecule has 0 rings (SSSR count). The molecule has 0 fully saturated rings. The number of rotatable bonds is 6. The van der Waals surface area contributed by atoms with E-state index in [0.29, 0.717) is 12.8 Å². The van der Waals surface area contributed by atoms with E-state index in [4.69, 9.17) is 0 Å². The Labute approximate surface area is 69.2 Å². The van der Waals surface area contributed by atoms with Crippen molar-refractivity contribution in [2.75, 3.05) is 0 Å². The first kappa shape index (κ1) is 10.9. The third-order valence-electron chi connectivity index (χ3n) is 1.83. The van der Waals surface area contributed by atoms with E-state index in [2.05, 4.69) is 6.92 Å². The highest BCUT2D eigenvalue weighted by molar-refractivity contribution is 4.62. The Hall–Kier alpha value is -0.0800. The lowest BCUT2D eigenvalue weighted by Crippen LogP contribution is -2.27. The van der Waals surface area contributed by atoms with Gasteiger partial charge in [0.2, 0.25) is 0 Å². The summed E-state index contributed by atoms with van der Waals surface area (Å²) in [6.45, 7) is 4.07. The number of unbranched alkanes of at least 4 members (excludes halogenated alkanes) is 2. The Balaban J connectivity index is 3.38. The van der Waals surface area contributed by atoms with Gasteiger partial charge in [-0.2, -0.15) is 0 Å². The van der Waals surface area contributed by atoms with E-state index in [1.165, 1.54) is 0 Å². The molecule has 0 aliphatic heterocycles. The molecule has 0 aromatic rings. The first-order chi connectivity index (χ1) is 5.12. The molecule has 0 radical (unpaired) electrons. The number of hydrogen-bond donors (Lipinski definition) is 2. The maximum absolute atomic E-state index is 9.30. The van der Waals surface area contributed by atoms with Gasteiger partial charge in [-0.15, -0.1) is 0 Å². The van der Waals surface area contributed by atoms with Crippen molar-refractivity contribution >= 4 is 0 Å². The standard InChI is InChI=1S/C9H20O2/c1-3-5-6-8-9(10,11)7-4-2/h10-11H,3-8H2,1-2H3. The van der Waals surface area contributed by atoms with Crippen molar-refractivity contribution in [2.24, 2.45) is 0 Å². The topological polar surface area (TPSA) is 40.5 Å². The first-order valence-corrected chi connectivity index (χ1v) is 4.57. The summed E-state index contributed by atoms with van der Waals surface area (Å²) < 4.78 is 0. The fraction of sp³-hybridized carbons (Fsp3) is 1.00. The molecule has 68 valence electrons. The minimum atomic E-state index is -1.40. The van der Waals surface area contributed by atoms with Crippen molar-refractivity contribution in [3.8, 4) is 0 Å². The van der Waals surface area contributed by atoms with Crippen molar-refractivity contribution in [2.45, 2.75) is 58.2 Å². The lowest BCUT2D eigenvalue weighted by molar-refractivity contribution is -0.171. The molecule has 0 aliphatic rings. The molecular formula is C9H20O2. The van der Waals surface area contributed by atoms with Gasteiger partial charge < -0.3 is 10.2 Å². The molecule has 0 heterocycles.